The molecule has 1 aliphatic rings. The summed E-state index contributed by atoms with van der Waals surface area (Å²) < 4.78 is 33.0. The van der Waals surface area contributed by atoms with Gasteiger partial charge in [0.1, 0.15) is 17.3 Å². The first kappa shape index (κ1) is 17.5. The fourth-order valence-electron chi connectivity index (χ4n) is 2.65. The van der Waals surface area contributed by atoms with Crippen LogP contribution in [0.1, 0.15) is 13.3 Å². The second-order valence-electron chi connectivity index (χ2n) is 5.34. The summed E-state index contributed by atoms with van der Waals surface area (Å²) in [6.45, 7) is 5.03. The van der Waals surface area contributed by atoms with E-state index in [1.807, 2.05) is 6.92 Å². The van der Waals surface area contributed by atoms with Crippen molar-refractivity contribution in [2.45, 2.75) is 19.4 Å². The zero-order valence-corrected chi connectivity index (χ0v) is 13.6. The third kappa shape index (κ3) is 4.79. The van der Waals surface area contributed by atoms with Crippen molar-refractivity contribution in [1.82, 2.24) is 10.6 Å². The Morgan fingerprint density at radius 2 is 2.13 bits per heavy atom. The molecule has 0 amide bonds. The predicted molar refractivity (Wildman–Crippen MR) is 88.0 cm³/mol. The van der Waals surface area contributed by atoms with Crippen LogP contribution in [0.2, 0.25) is 0 Å². The molecule has 0 aromatic heterocycles. The number of guanidine groups is 1. The highest BCUT2D eigenvalue weighted by Gasteiger charge is 2.27. The topological polar surface area (TPSA) is 48.9 Å². The minimum Gasteiger partial charge on any atom is -0.380 e. The Balaban J connectivity index is 1.87. The zero-order valence-electron chi connectivity index (χ0n) is 13.6. The third-order valence-electron chi connectivity index (χ3n) is 3.75. The van der Waals surface area contributed by atoms with Gasteiger partial charge in [-0.3, -0.25) is 4.99 Å². The number of hydrogen-bond donors (Lipinski definition) is 2. The average molecular weight is 326 g/mol. The summed E-state index contributed by atoms with van der Waals surface area (Å²) in [5.41, 5.74) is 0.0519. The Labute approximate surface area is 135 Å². The molecule has 2 rings (SSSR count). The molecule has 1 aromatic rings. The number of rotatable bonds is 6. The highest BCUT2D eigenvalue weighted by Crippen LogP contribution is 2.26. The van der Waals surface area contributed by atoms with E-state index in [1.165, 1.54) is 18.2 Å². The fraction of sp³-hybridized carbons (Fsp3) is 0.562. The molecule has 128 valence electrons. The number of anilines is 1. The summed E-state index contributed by atoms with van der Waals surface area (Å²) in [5.74, 6) is -0.375. The molecule has 0 spiro atoms. The number of halogens is 2. The Kier molecular flexibility index (Phi) is 6.58. The number of nitrogens with zero attached hydrogens (tertiary/aromatic N) is 2. The van der Waals surface area contributed by atoms with E-state index < -0.39 is 11.6 Å². The SMILES string of the molecule is CCOCCNC(=NC)NC1CCN(c2c(F)cccc2F)C1. The van der Waals surface area contributed by atoms with Crippen LogP contribution in [-0.4, -0.2) is 51.9 Å². The first-order valence-corrected chi connectivity index (χ1v) is 7.89. The lowest BCUT2D eigenvalue weighted by Crippen LogP contribution is -2.45. The molecule has 1 atom stereocenters. The van der Waals surface area contributed by atoms with E-state index in [0.717, 1.165) is 6.42 Å². The van der Waals surface area contributed by atoms with E-state index in [-0.39, 0.29) is 11.7 Å². The molecule has 1 aliphatic heterocycles. The molecule has 23 heavy (non-hydrogen) atoms. The standard InChI is InChI=1S/C16H24F2N4O/c1-3-23-10-8-20-16(19-2)21-12-7-9-22(11-12)15-13(17)5-4-6-14(15)18/h4-6,12H,3,7-11H2,1-2H3,(H2,19,20,21). The van der Waals surface area contributed by atoms with Crippen LogP contribution in [0.25, 0.3) is 0 Å². The van der Waals surface area contributed by atoms with Gasteiger partial charge in [-0.05, 0) is 25.5 Å². The molecule has 0 radical (unpaired) electrons. The first-order valence-electron chi connectivity index (χ1n) is 7.89. The zero-order chi connectivity index (χ0) is 16.7. The minimum atomic E-state index is -0.523. The molecule has 7 heteroatoms. The molecular formula is C16H24F2N4O. The van der Waals surface area contributed by atoms with Gasteiger partial charge in [0.25, 0.3) is 0 Å². The Morgan fingerprint density at radius 3 is 2.78 bits per heavy atom. The quantitative estimate of drug-likeness (QED) is 0.475. The van der Waals surface area contributed by atoms with Gasteiger partial charge in [0, 0.05) is 39.3 Å². The van der Waals surface area contributed by atoms with Crippen molar-refractivity contribution in [1.29, 1.82) is 0 Å². The van der Waals surface area contributed by atoms with Crippen LogP contribution < -0.4 is 15.5 Å². The normalized spacial score (nSPS) is 18.3. The number of aliphatic imine (C=N–C) groups is 1. The Hall–Kier alpha value is -1.89. The maximum Gasteiger partial charge on any atom is 0.191 e. The molecule has 0 saturated carbocycles. The summed E-state index contributed by atoms with van der Waals surface area (Å²) in [7, 11) is 1.69. The van der Waals surface area contributed by atoms with Crippen LogP contribution in [-0.2, 0) is 4.74 Å². The van der Waals surface area contributed by atoms with Crippen LogP contribution >= 0.6 is 0 Å². The van der Waals surface area contributed by atoms with Crippen LogP contribution in [0.3, 0.4) is 0 Å². The summed E-state index contributed by atoms with van der Waals surface area (Å²) >= 11 is 0. The van der Waals surface area contributed by atoms with Crippen molar-refractivity contribution in [3.05, 3.63) is 29.8 Å². The van der Waals surface area contributed by atoms with Crippen LogP contribution in [0.4, 0.5) is 14.5 Å². The molecule has 1 saturated heterocycles. The molecule has 1 unspecified atom stereocenters. The van der Waals surface area contributed by atoms with Gasteiger partial charge < -0.3 is 20.3 Å². The van der Waals surface area contributed by atoms with E-state index >= 15 is 0 Å². The molecule has 1 heterocycles. The van der Waals surface area contributed by atoms with Crippen molar-refractivity contribution >= 4 is 11.6 Å². The van der Waals surface area contributed by atoms with Crippen molar-refractivity contribution in [2.75, 3.05) is 44.8 Å². The number of benzene rings is 1. The Bertz CT molecular complexity index is 519. The molecule has 0 aliphatic carbocycles. The van der Waals surface area contributed by atoms with Crippen LogP contribution in [0.15, 0.2) is 23.2 Å². The van der Waals surface area contributed by atoms with E-state index in [0.29, 0.717) is 38.8 Å². The first-order chi connectivity index (χ1) is 11.2. The second-order valence-corrected chi connectivity index (χ2v) is 5.34. The van der Waals surface area contributed by atoms with Gasteiger partial charge in [-0.25, -0.2) is 8.78 Å². The molecule has 5 nitrogen and oxygen atoms in total. The van der Waals surface area contributed by atoms with Crippen molar-refractivity contribution < 1.29 is 13.5 Å². The van der Waals surface area contributed by atoms with Crippen molar-refractivity contribution in [3.63, 3.8) is 0 Å². The largest absolute Gasteiger partial charge is 0.380 e. The summed E-state index contributed by atoms with van der Waals surface area (Å²) in [6, 6.07) is 4.04. The van der Waals surface area contributed by atoms with Gasteiger partial charge in [0.2, 0.25) is 0 Å². The van der Waals surface area contributed by atoms with Gasteiger partial charge in [0.05, 0.1) is 6.61 Å². The number of ether oxygens (including phenoxy) is 1. The van der Waals surface area contributed by atoms with Gasteiger partial charge >= 0.3 is 0 Å². The second kappa shape index (κ2) is 8.67. The highest BCUT2D eigenvalue weighted by molar-refractivity contribution is 5.80. The number of para-hydroxylation sites is 1. The van der Waals surface area contributed by atoms with E-state index in [1.54, 1.807) is 11.9 Å². The van der Waals surface area contributed by atoms with E-state index in [2.05, 4.69) is 15.6 Å². The summed E-state index contributed by atoms with van der Waals surface area (Å²) in [5, 5.41) is 6.43. The predicted octanol–water partition coefficient (Wildman–Crippen LogP) is 1.74. The van der Waals surface area contributed by atoms with Gasteiger partial charge in [0.15, 0.2) is 5.96 Å². The van der Waals surface area contributed by atoms with Gasteiger partial charge in [-0.2, -0.15) is 0 Å². The number of nitrogens with one attached hydrogen (secondary N) is 2. The third-order valence-corrected chi connectivity index (χ3v) is 3.75. The summed E-state index contributed by atoms with van der Waals surface area (Å²) in [6.07, 6.45) is 0.792. The summed E-state index contributed by atoms with van der Waals surface area (Å²) in [4.78, 5) is 5.89. The smallest absolute Gasteiger partial charge is 0.191 e. The van der Waals surface area contributed by atoms with Gasteiger partial charge in [-0.15, -0.1) is 0 Å². The monoisotopic (exact) mass is 326 g/mol. The molecular weight excluding hydrogens is 302 g/mol. The molecule has 0 bridgehead atoms. The van der Waals surface area contributed by atoms with Crippen LogP contribution in [0.5, 0.6) is 0 Å². The lowest BCUT2D eigenvalue weighted by atomic mass is 10.2. The van der Waals surface area contributed by atoms with Crippen molar-refractivity contribution in [2.24, 2.45) is 4.99 Å². The molecule has 1 aromatic carbocycles. The maximum atomic E-state index is 13.8. The van der Waals surface area contributed by atoms with Crippen LogP contribution in [0, 0.1) is 11.6 Å². The number of hydrogen-bond acceptors (Lipinski definition) is 3. The molecule has 2 N–H and O–H groups in total. The van der Waals surface area contributed by atoms with E-state index in [9.17, 15) is 8.78 Å². The Morgan fingerprint density at radius 1 is 1.39 bits per heavy atom. The fourth-order valence-corrected chi connectivity index (χ4v) is 2.65. The van der Waals surface area contributed by atoms with E-state index in [4.69, 9.17) is 4.74 Å². The highest BCUT2D eigenvalue weighted by atomic mass is 19.1. The minimum absolute atomic E-state index is 0.0519. The lowest BCUT2D eigenvalue weighted by molar-refractivity contribution is 0.152. The van der Waals surface area contributed by atoms with Gasteiger partial charge in [-0.1, -0.05) is 6.07 Å². The van der Waals surface area contributed by atoms with Crippen molar-refractivity contribution in [3.8, 4) is 0 Å². The average Bonchev–Trinajstić information content (AvgIpc) is 2.98. The molecule has 1 fully saturated rings. The maximum absolute atomic E-state index is 13.8. The lowest BCUT2D eigenvalue weighted by Gasteiger charge is -2.21.